The first-order valence-corrected chi connectivity index (χ1v) is 5.75. The maximum absolute atomic E-state index is 5.88. The maximum Gasteiger partial charge on any atom is 0.0805 e. The van der Waals surface area contributed by atoms with Gasteiger partial charge in [0.1, 0.15) is 0 Å². The SMILES string of the molecule is CC1CN(c2ccc(N)cc2)CC(C)(C)O1. The highest BCUT2D eigenvalue weighted by atomic mass is 16.5. The third kappa shape index (κ3) is 2.47. The van der Waals surface area contributed by atoms with Crippen LogP contribution in [0, 0.1) is 0 Å². The maximum atomic E-state index is 5.88. The Labute approximate surface area is 97.2 Å². The van der Waals surface area contributed by atoms with Crippen molar-refractivity contribution in [3.05, 3.63) is 24.3 Å². The van der Waals surface area contributed by atoms with Crippen molar-refractivity contribution in [3.63, 3.8) is 0 Å². The van der Waals surface area contributed by atoms with Crippen molar-refractivity contribution < 1.29 is 4.74 Å². The molecule has 1 aromatic carbocycles. The van der Waals surface area contributed by atoms with Gasteiger partial charge in [0.05, 0.1) is 11.7 Å². The average Bonchev–Trinajstić information content (AvgIpc) is 2.15. The van der Waals surface area contributed by atoms with Gasteiger partial charge in [0.15, 0.2) is 0 Å². The lowest BCUT2D eigenvalue weighted by molar-refractivity contribution is -0.0749. The van der Waals surface area contributed by atoms with Crippen molar-refractivity contribution >= 4 is 11.4 Å². The van der Waals surface area contributed by atoms with Crippen LogP contribution in [0.1, 0.15) is 20.8 Å². The van der Waals surface area contributed by atoms with Gasteiger partial charge >= 0.3 is 0 Å². The molecule has 0 bridgehead atoms. The summed E-state index contributed by atoms with van der Waals surface area (Å²) in [6.07, 6.45) is 0.265. The number of hydrogen-bond acceptors (Lipinski definition) is 3. The molecule has 3 heteroatoms. The van der Waals surface area contributed by atoms with Gasteiger partial charge in [-0.2, -0.15) is 0 Å². The molecule has 0 saturated carbocycles. The van der Waals surface area contributed by atoms with Gasteiger partial charge in [0, 0.05) is 24.5 Å². The Hall–Kier alpha value is -1.22. The third-order valence-corrected chi connectivity index (χ3v) is 2.83. The lowest BCUT2D eigenvalue weighted by Gasteiger charge is -2.43. The predicted octanol–water partition coefficient (Wildman–Crippen LogP) is 2.27. The topological polar surface area (TPSA) is 38.5 Å². The minimum Gasteiger partial charge on any atom is -0.399 e. The van der Waals surface area contributed by atoms with Crippen molar-refractivity contribution in [3.8, 4) is 0 Å². The molecule has 2 N–H and O–H groups in total. The second-order valence-corrected chi connectivity index (χ2v) is 5.16. The van der Waals surface area contributed by atoms with Crippen molar-refractivity contribution in [1.82, 2.24) is 0 Å². The van der Waals surface area contributed by atoms with Crippen LogP contribution in [0.25, 0.3) is 0 Å². The van der Waals surface area contributed by atoms with Gasteiger partial charge in [-0.05, 0) is 45.0 Å². The first-order valence-electron chi connectivity index (χ1n) is 5.75. The molecule has 1 unspecified atom stereocenters. The normalized spacial score (nSPS) is 24.4. The van der Waals surface area contributed by atoms with Gasteiger partial charge in [-0.1, -0.05) is 0 Å². The molecular formula is C13H20N2O. The summed E-state index contributed by atoms with van der Waals surface area (Å²) in [6, 6.07) is 8.04. The van der Waals surface area contributed by atoms with Crippen molar-refractivity contribution in [1.29, 1.82) is 0 Å². The van der Waals surface area contributed by atoms with Gasteiger partial charge < -0.3 is 15.4 Å². The fraction of sp³-hybridized carbons (Fsp3) is 0.538. The largest absolute Gasteiger partial charge is 0.399 e. The van der Waals surface area contributed by atoms with Crippen molar-refractivity contribution in [2.45, 2.75) is 32.5 Å². The molecule has 0 amide bonds. The van der Waals surface area contributed by atoms with E-state index in [4.69, 9.17) is 10.5 Å². The van der Waals surface area contributed by atoms with Crippen LogP contribution in [0.5, 0.6) is 0 Å². The van der Waals surface area contributed by atoms with Crippen molar-refractivity contribution in [2.75, 3.05) is 23.7 Å². The standard InChI is InChI=1S/C13H20N2O/c1-10-8-15(9-13(2,3)16-10)12-6-4-11(14)5-7-12/h4-7,10H,8-9,14H2,1-3H3. The molecular weight excluding hydrogens is 200 g/mol. The van der Waals surface area contributed by atoms with Crippen LogP contribution in [0.15, 0.2) is 24.3 Å². The molecule has 0 aromatic heterocycles. The number of rotatable bonds is 1. The molecule has 1 aliphatic rings. The number of nitrogens with two attached hydrogens (primary N) is 1. The number of nitrogens with zero attached hydrogens (tertiary/aromatic N) is 1. The molecule has 1 heterocycles. The van der Waals surface area contributed by atoms with Crippen molar-refractivity contribution in [2.24, 2.45) is 0 Å². The zero-order chi connectivity index (χ0) is 11.8. The highest BCUT2D eigenvalue weighted by Crippen LogP contribution is 2.26. The van der Waals surface area contributed by atoms with Crippen LogP contribution in [0.4, 0.5) is 11.4 Å². The highest BCUT2D eigenvalue weighted by Gasteiger charge is 2.31. The summed E-state index contributed by atoms with van der Waals surface area (Å²) in [7, 11) is 0. The van der Waals surface area contributed by atoms with Crippen LogP contribution < -0.4 is 10.6 Å². The Balaban J connectivity index is 2.17. The van der Waals surface area contributed by atoms with Gasteiger partial charge in [0.25, 0.3) is 0 Å². The number of morpholine rings is 1. The monoisotopic (exact) mass is 220 g/mol. The molecule has 3 nitrogen and oxygen atoms in total. The van der Waals surface area contributed by atoms with Crippen LogP contribution in [0.2, 0.25) is 0 Å². The van der Waals surface area contributed by atoms with E-state index in [0.29, 0.717) is 0 Å². The molecule has 88 valence electrons. The van der Waals surface area contributed by atoms with Gasteiger partial charge in [-0.25, -0.2) is 0 Å². The molecule has 0 aliphatic carbocycles. The summed E-state index contributed by atoms with van der Waals surface area (Å²) < 4.78 is 5.88. The minimum atomic E-state index is -0.0843. The Morgan fingerprint density at radius 1 is 1.31 bits per heavy atom. The van der Waals surface area contributed by atoms with E-state index < -0.39 is 0 Å². The average molecular weight is 220 g/mol. The van der Waals surface area contributed by atoms with Crippen LogP contribution >= 0.6 is 0 Å². The number of benzene rings is 1. The van der Waals surface area contributed by atoms with E-state index in [2.05, 4.69) is 37.8 Å². The molecule has 1 atom stereocenters. The van der Waals surface area contributed by atoms with Gasteiger partial charge in [-0.3, -0.25) is 0 Å². The quantitative estimate of drug-likeness (QED) is 0.738. The molecule has 0 spiro atoms. The van der Waals surface area contributed by atoms with E-state index in [1.54, 1.807) is 0 Å². The summed E-state index contributed by atoms with van der Waals surface area (Å²) in [6.45, 7) is 8.24. The molecule has 2 rings (SSSR count). The second-order valence-electron chi connectivity index (χ2n) is 5.16. The summed E-state index contributed by atoms with van der Waals surface area (Å²) >= 11 is 0. The summed E-state index contributed by atoms with van der Waals surface area (Å²) in [5, 5.41) is 0. The van der Waals surface area contributed by atoms with Crippen LogP contribution in [0.3, 0.4) is 0 Å². The zero-order valence-corrected chi connectivity index (χ0v) is 10.2. The predicted molar refractivity (Wildman–Crippen MR) is 67.7 cm³/mol. The Kier molecular flexibility index (Phi) is 2.80. The highest BCUT2D eigenvalue weighted by molar-refractivity contribution is 5.53. The molecule has 1 fully saturated rings. The first-order chi connectivity index (χ1) is 7.46. The van der Waals surface area contributed by atoms with E-state index in [9.17, 15) is 0 Å². The van der Waals surface area contributed by atoms with Gasteiger partial charge in [0.2, 0.25) is 0 Å². The van der Waals surface area contributed by atoms with E-state index in [1.807, 2.05) is 12.1 Å². The van der Waals surface area contributed by atoms with E-state index in [-0.39, 0.29) is 11.7 Å². The molecule has 1 aromatic rings. The second kappa shape index (κ2) is 3.98. The lowest BCUT2D eigenvalue weighted by atomic mass is 10.0. The fourth-order valence-corrected chi connectivity index (χ4v) is 2.34. The van der Waals surface area contributed by atoms with Crippen LogP contribution in [-0.4, -0.2) is 24.8 Å². The van der Waals surface area contributed by atoms with E-state index in [1.165, 1.54) is 5.69 Å². The fourth-order valence-electron chi connectivity index (χ4n) is 2.34. The third-order valence-electron chi connectivity index (χ3n) is 2.83. The first kappa shape index (κ1) is 11.3. The Morgan fingerprint density at radius 3 is 2.50 bits per heavy atom. The molecule has 0 radical (unpaired) electrons. The zero-order valence-electron chi connectivity index (χ0n) is 10.2. The summed E-state index contributed by atoms with van der Waals surface area (Å²) in [4.78, 5) is 2.35. The number of ether oxygens (including phenoxy) is 1. The number of anilines is 2. The molecule has 1 saturated heterocycles. The Bertz CT molecular complexity index is 359. The number of nitrogen functional groups attached to an aromatic ring is 1. The minimum absolute atomic E-state index is 0.0843. The van der Waals surface area contributed by atoms with Crippen LogP contribution in [-0.2, 0) is 4.74 Å². The number of hydrogen-bond donors (Lipinski definition) is 1. The lowest BCUT2D eigenvalue weighted by Crippen LogP contribution is -2.52. The van der Waals surface area contributed by atoms with E-state index in [0.717, 1.165) is 18.8 Å². The Morgan fingerprint density at radius 2 is 1.94 bits per heavy atom. The molecule has 16 heavy (non-hydrogen) atoms. The summed E-state index contributed by atoms with van der Waals surface area (Å²) in [5.41, 5.74) is 7.64. The van der Waals surface area contributed by atoms with Gasteiger partial charge in [-0.15, -0.1) is 0 Å². The van der Waals surface area contributed by atoms with E-state index >= 15 is 0 Å². The molecule has 1 aliphatic heterocycles. The summed E-state index contributed by atoms with van der Waals surface area (Å²) in [5.74, 6) is 0. The smallest absolute Gasteiger partial charge is 0.0805 e.